The van der Waals surface area contributed by atoms with Crippen LogP contribution in [0.2, 0.25) is 5.02 Å². The highest BCUT2D eigenvalue weighted by molar-refractivity contribution is 9.10. The molecule has 0 radical (unpaired) electrons. The van der Waals surface area contributed by atoms with E-state index in [1.54, 1.807) is 49.4 Å². The monoisotopic (exact) mass is 441 g/mol. The standard InChI is InChI=1S/C19H12BrClF3NO/c1-11-4-2-3-5-14(11)18(26)25-16(12-6-8-13(21)9-7-12)10-15(20)17(25)19(22,23)24/h2-10H,1H3. The molecule has 2 aromatic carbocycles. The minimum atomic E-state index is -4.71. The fourth-order valence-electron chi connectivity index (χ4n) is 2.72. The van der Waals surface area contributed by atoms with E-state index in [0.29, 0.717) is 20.7 Å². The number of aromatic nitrogens is 1. The zero-order valence-corrected chi connectivity index (χ0v) is 15.8. The van der Waals surface area contributed by atoms with Gasteiger partial charge in [0.2, 0.25) is 0 Å². The molecule has 0 fully saturated rings. The normalized spacial score (nSPS) is 11.6. The first-order valence-corrected chi connectivity index (χ1v) is 8.72. The fourth-order valence-corrected chi connectivity index (χ4v) is 3.46. The molecule has 3 rings (SSSR count). The lowest BCUT2D eigenvalue weighted by molar-refractivity contribution is -0.143. The van der Waals surface area contributed by atoms with Crippen molar-refractivity contribution in [2.45, 2.75) is 13.1 Å². The smallest absolute Gasteiger partial charge is 0.270 e. The first kappa shape index (κ1) is 18.7. The maximum atomic E-state index is 13.7. The van der Waals surface area contributed by atoms with Gasteiger partial charge in [-0.2, -0.15) is 13.2 Å². The molecule has 0 N–H and O–H groups in total. The quantitative estimate of drug-likeness (QED) is 0.439. The van der Waals surface area contributed by atoms with E-state index in [4.69, 9.17) is 11.6 Å². The summed E-state index contributed by atoms with van der Waals surface area (Å²) in [6, 6.07) is 14.1. The molecule has 0 saturated carbocycles. The van der Waals surface area contributed by atoms with Gasteiger partial charge < -0.3 is 0 Å². The van der Waals surface area contributed by atoms with Gasteiger partial charge in [0.25, 0.3) is 5.91 Å². The van der Waals surface area contributed by atoms with Crippen LogP contribution in [0.15, 0.2) is 59.1 Å². The molecule has 1 aromatic heterocycles. The van der Waals surface area contributed by atoms with Gasteiger partial charge in [-0.3, -0.25) is 9.36 Å². The highest BCUT2D eigenvalue weighted by atomic mass is 79.9. The van der Waals surface area contributed by atoms with Gasteiger partial charge in [0.05, 0.1) is 5.69 Å². The van der Waals surface area contributed by atoms with Gasteiger partial charge in [-0.1, -0.05) is 41.9 Å². The Hall–Kier alpha value is -2.05. The van der Waals surface area contributed by atoms with E-state index in [9.17, 15) is 18.0 Å². The van der Waals surface area contributed by atoms with Crippen molar-refractivity contribution < 1.29 is 18.0 Å². The van der Waals surface area contributed by atoms with Crippen molar-refractivity contribution in [2.75, 3.05) is 0 Å². The summed E-state index contributed by atoms with van der Waals surface area (Å²) in [6.07, 6.45) is -4.71. The number of carbonyl (C=O) groups excluding carboxylic acids is 1. The van der Waals surface area contributed by atoms with E-state index in [-0.39, 0.29) is 15.7 Å². The Kier molecular flexibility index (Phi) is 4.99. The van der Waals surface area contributed by atoms with Gasteiger partial charge in [0.1, 0.15) is 5.69 Å². The number of hydrogen-bond donors (Lipinski definition) is 0. The summed E-state index contributed by atoms with van der Waals surface area (Å²) in [4.78, 5) is 13.0. The maximum absolute atomic E-state index is 13.7. The Bertz CT molecular complexity index is 977. The molecule has 0 spiro atoms. The molecule has 0 amide bonds. The first-order chi connectivity index (χ1) is 12.2. The summed E-state index contributed by atoms with van der Waals surface area (Å²) in [5.41, 5.74) is 0.339. The lowest BCUT2D eigenvalue weighted by atomic mass is 10.1. The molecule has 134 valence electrons. The van der Waals surface area contributed by atoms with Crippen LogP contribution in [0.25, 0.3) is 11.3 Å². The molecule has 1 heterocycles. The summed E-state index contributed by atoms with van der Waals surface area (Å²) in [7, 11) is 0. The zero-order valence-electron chi connectivity index (χ0n) is 13.4. The Morgan fingerprint density at radius 2 is 1.69 bits per heavy atom. The van der Waals surface area contributed by atoms with Gasteiger partial charge in [-0.15, -0.1) is 0 Å². The molecule has 0 aliphatic rings. The van der Waals surface area contributed by atoms with Crippen molar-refractivity contribution in [1.82, 2.24) is 4.57 Å². The predicted octanol–water partition coefficient (Wildman–Crippen LogP) is 6.59. The van der Waals surface area contributed by atoms with Crippen LogP contribution in [0.3, 0.4) is 0 Å². The molecule has 0 unspecified atom stereocenters. The highest BCUT2D eigenvalue weighted by Crippen LogP contribution is 2.40. The van der Waals surface area contributed by atoms with Crippen LogP contribution in [0, 0.1) is 6.92 Å². The SMILES string of the molecule is Cc1ccccc1C(=O)n1c(-c2ccc(Cl)cc2)cc(Br)c1C(F)(F)F. The number of alkyl halides is 3. The van der Waals surface area contributed by atoms with Gasteiger partial charge in [-0.25, -0.2) is 0 Å². The van der Waals surface area contributed by atoms with Crippen LogP contribution in [0.4, 0.5) is 13.2 Å². The minimum absolute atomic E-state index is 0.133. The maximum Gasteiger partial charge on any atom is 0.432 e. The van der Waals surface area contributed by atoms with E-state index in [2.05, 4.69) is 15.9 Å². The number of aryl methyl sites for hydroxylation is 1. The van der Waals surface area contributed by atoms with E-state index < -0.39 is 17.8 Å². The lowest BCUT2D eigenvalue weighted by Crippen LogP contribution is -2.22. The van der Waals surface area contributed by atoms with E-state index >= 15 is 0 Å². The average Bonchev–Trinajstić information content (AvgIpc) is 2.93. The van der Waals surface area contributed by atoms with Crippen molar-refractivity contribution in [3.8, 4) is 11.3 Å². The number of rotatable bonds is 2. The van der Waals surface area contributed by atoms with Crippen LogP contribution in [0.5, 0.6) is 0 Å². The summed E-state index contributed by atoms with van der Waals surface area (Å²) < 4.78 is 41.5. The van der Waals surface area contributed by atoms with E-state index in [0.717, 1.165) is 0 Å². The molecule has 3 aromatic rings. The molecule has 2 nitrogen and oxygen atoms in total. The molecular weight excluding hydrogens is 431 g/mol. The molecular formula is C19H12BrClF3NO. The minimum Gasteiger partial charge on any atom is -0.270 e. The lowest BCUT2D eigenvalue weighted by Gasteiger charge is -2.16. The van der Waals surface area contributed by atoms with Crippen molar-refractivity contribution in [3.63, 3.8) is 0 Å². The second kappa shape index (κ2) is 6.93. The van der Waals surface area contributed by atoms with Crippen LogP contribution in [-0.4, -0.2) is 10.5 Å². The van der Waals surface area contributed by atoms with Crippen molar-refractivity contribution in [1.29, 1.82) is 0 Å². The summed E-state index contributed by atoms with van der Waals surface area (Å²) in [5, 5.41) is 0.451. The van der Waals surface area contributed by atoms with E-state index in [1.807, 2.05) is 0 Å². The molecule has 7 heteroatoms. The number of benzene rings is 2. The molecule has 0 aliphatic carbocycles. The third kappa shape index (κ3) is 3.44. The number of hydrogen-bond acceptors (Lipinski definition) is 1. The first-order valence-electron chi connectivity index (χ1n) is 7.55. The summed E-state index contributed by atoms with van der Waals surface area (Å²) >= 11 is 8.82. The third-order valence-electron chi connectivity index (χ3n) is 3.94. The Balaban J connectivity index is 2.29. The van der Waals surface area contributed by atoms with Crippen LogP contribution >= 0.6 is 27.5 Å². The largest absolute Gasteiger partial charge is 0.432 e. The van der Waals surface area contributed by atoms with Gasteiger partial charge >= 0.3 is 6.18 Å². The number of carbonyl (C=O) groups is 1. The predicted molar refractivity (Wildman–Crippen MR) is 98.5 cm³/mol. The number of nitrogens with zero attached hydrogens (tertiary/aromatic N) is 1. The van der Waals surface area contributed by atoms with Gasteiger partial charge in [0.15, 0.2) is 0 Å². The number of halogens is 5. The fraction of sp³-hybridized carbons (Fsp3) is 0.105. The summed E-state index contributed by atoms with van der Waals surface area (Å²) in [5.74, 6) is -0.744. The zero-order chi connectivity index (χ0) is 19.1. The van der Waals surface area contributed by atoms with Gasteiger partial charge in [-0.05, 0) is 58.2 Å². The van der Waals surface area contributed by atoms with Crippen LogP contribution in [-0.2, 0) is 6.18 Å². The van der Waals surface area contributed by atoms with Crippen molar-refractivity contribution >= 4 is 33.4 Å². The van der Waals surface area contributed by atoms with Crippen LogP contribution < -0.4 is 0 Å². The third-order valence-corrected chi connectivity index (χ3v) is 4.80. The Labute approximate surface area is 161 Å². The molecule has 0 saturated heterocycles. The Morgan fingerprint density at radius 3 is 2.27 bits per heavy atom. The summed E-state index contributed by atoms with van der Waals surface area (Å²) in [6.45, 7) is 1.68. The second-order valence-electron chi connectivity index (χ2n) is 5.69. The van der Waals surface area contributed by atoms with Crippen molar-refractivity contribution in [2.24, 2.45) is 0 Å². The molecule has 0 atom stereocenters. The topological polar surface area (TPSA) is 22.0 Å². The Morgan fingerprint density at radius 1 is 1.08 bits per heavy atom. The van der Waals surface area contributed by atoms with Gasteiger partial charge in [0, 0.05) is 15.1 Å². The highest BCUT2D eigenvalue weighted by Gasteiger charge is 2.40. The van der Waals surface area contributed by atoms with E-state index in [1.165, 1.54) is 12.1 Å². The molecule has 0 aliphatic heterocycles. The van der Waals surface area contributed by atoms with Crippen molar-refractivity contribution in [3.05, 3.63) is 80.9 Å². The second-order valence-corrected chi connectivity index (χ2v) is 6.98. The molecule has 0 bridgehead atoms. The molecule has 26 heavy (non-hydrogen) atoms. The average molecular weight is 443 g/mol. The van der Waals surface area contributed by atoms with Crippen LogP contribution in [0.1, 0.15) is 21.6 Å².